The number of fused-ring (bicyclic) bond motifs is 1. The van der Waals surface area contributed by atoms with Gasteiger partial charge in [-0.15, -0.1) is 0 Å². The van der Waals surface area contributed by atoms with Crippen molar-refractivity contribution in [3.63, 3.8) is 0 Å². The molecule has 2 aliphatic heterocycles. The van der Waals surface area contributed by atoms with Gasteiger partial charge in [-0.25, -0.2) is 4.79 Å². The molecule has 2 fully saturated rings. The summed E-state index contributed by atoms with van der Waals surface area (Å²) in [6.07, 6.45) is -2.00. The number of aromatic nitrogens is 1. The van der Waals surface area contributed by atoms with E-state index in [0.717, 1.165) is 35.4 Å². The van der Waals surface area contributed by atoms with E-state index in [1.165, 1.54) is 43.3 Å². The lowest BCUT2D eigenvalue weighted by atomic mass is 10.0. The number of carboxylic acid groups (broad SMARTS) is 5. The number of carbonyl (C=O) groups is 13. The lowest BCUT2D eigenvalue weighted by molar-refractivity contribution is -0.145. The van der Waals surface area contributed by atoms with E-state index in [9.17, 15) is 88.8 Å². The number of aliphatic carboxylic acids is 5. The highest BCUT2D eigenvalue weighted by molar-refractivity contribution is 8.76. The SMILES string of the molecule is C/C(=N\OCC(=O)N[C@H](Cc1ccccc1)C(=O)N[C@H]1CSSC[C@@H](C(=O)N[C@H](C(=O)O)[C@@H](C)O)NC(=O)[C@H]([C@@H](C)O)NC(=O)[C@H](CCCCN)NC(=O)[C@@H](Cc2c[nH]c3ccccc23)NC(=O)[C@H](Cc2ccc(O)cc2)NC1=O)c1ccc(C(C(=O)O)N2CCN(CC(=O)O)CCN(CC(=O)O)CCN(CC(=O)O)CC2)cc1. The van der Waals surface area contributed by atoms with Gasteiger partial charge in [-0.05, 0) is 92.6 Å². The van der Waals surface area contributed by atoms with Crippen LogP contribution in [0.15, 0.2) is 114 Å². The summed E-state index contributed by atoms with van der Waals surface area (Å²) in [5.41, 5.74) is 8.81. The van der Waals surface area contributed by atoms with Crippen LogP contribution in [0, 0.1) is 0 Å². The van der Waals surface area contributed by atoms with Crippen molar-refractivity contribution < 1.29 is 108 Å². The van der Waals surface area contributed by atoms with E-state index in [4.69, 9.17) is 10.6 Å². The Morgan fingerprint density at radius 2 is 1.16 bits per heavy atom. The number of nitrogens with one attached hydrogen (secondary N) is 9. The Hall–Kier alpha value is -10.8. The van der Waals surface area contributed by atoms with Crippen LogP contribution in [0.2, 0.25) is 0 Å². The topological polar surface area (TPSA) is 556 Å². The first kappa shape index (κ1) is 90.4. The van der Waals surface area contributed by atoms with E-state index in [2.05, 4.69) is 52.7 Å². The number of carbonyl (C=O) groups excluding carboxylic acids is 8. The molecule has 8 amide bonds. The predicted octanol–water partition coefficient (Wildman–Crippen LogP) is -1.81. The number of nitrogens with two attached hydrogens (primary N) is 1. The highest BCUT2D eigenvalue weighted by Crippen LogP contribution is 2.27. The quantitative estimate of drug-likeness (QED) is 0.0101. The van der Waals surface area contributed by atoms with Crippen molar-refractivity contribution in [2.24, 2.45) is 10.9 Å². The molecule has 1 unspecified atom stereocenters. The van der Waals surface area contributed by atoms with Crippen molar-refractivity contribution in [3.8, 4) is 5.75 Å². The maximum Gasteiger partial charge on any atom is 0.328 e. The van der Waals surface area contributed by atoms with E-state index < -0.39 is 175 Å². The second kappa shape index (κ2) is 45.2. The Bertz CT molecular complexity index is 4130. The molecule has 5 aromatic rings. The van der Waals surface area contributed by atoms with Crippen LogP contribution in [-0.4, -0.2) is 305 Å². The Morgan fingerprint density at radius 3 is 1.73 bits per heavy atom. The molecule has 618 valence electrons. The van der Waals surface area contributed by atoms with Crippen molar-refractivity contribution in [3.05, 3.63) is 137 Å². The smallest absolute Gasteiger partial charge is 0.328 e. The second-order valence-corrected chi connectivity index (χ2v) is 30.1. The van der Waals surface area contributed by atoms with E-state index in [1.807, 2.05) is 0 Å². The third kappa shape index (κ3) is 29.0. The zero-order chi connectivity index (χ0) is 83.1. The van der Waals surface area contributed by atoms with Gasteiger partial charge in [-0.3, -0.25) is 77.1 Å². The lowest BCUT2D eigenvalue weighted by Crippen LogP contribution is -2.62. The highest BCUT2D eigenvalue weighted by atomic mass is 33.1. The van der Waals surface area contributed by atoms with Gasteiger partial charge in [0.1, 0.15) is 54.1 Å². The Morgan fingerprint density at radius 1 is 0.605 bits per heavy atom. The maximum atomic E-state index is 15.3. The Labute approximate surface area is 663 Å². The van der Waals surface area contributed by atoms with Crippen LogP contribution >= 0.6 is 21.6 Å². The minimum absolute atomic E-state index is 0.00139. The largest absolute Gasteiger partial charge is 0.508 e. The molecule has 0 saturated carbocycles. The number of nitrogens with zero attached hydrogens (tertiary/aromatic N) is 5. The highest BCUT2D eigenvalue weighted by Gasteiger charge is 2.39. The summed E-state index contributed by atoms with van der Waals surface area (Å²) in [4.78, 5) is 194. The number of hydrogen-bond acceptors (Lipinski definition) is 25. The van der Waals surface area contributed by atoms with Gasteiger partial charge in [0.2, 0.25) is 41.4 Å². The summed E-state index contributed by atoms with van der Waals surface area (Å²) in [7, 11) is 1.64. The van der Waals surface area contributed by atoms with E-state index >= 15 is 14.4 Å². The first-order valence-electron chi connectivity index (χ1n) is 36.7. The van der Waals surface area contributed by atoms with Crippen LogP contribution in [0.3, 0.4) is 0 Å². The van der Waals surface area contributed by atoms with Crippen LogP contribution in [0.4, 0.5) is 0 Å². The molecule has 4 aromatic carbocycles. The number of rotatable bonds is 31. The number of phenols is 1. The third-order valence-electron chi connectivity index (χ3n) is 18.8. The van der Waals surface area contributed by atoms with Crippen molar-refractivity contribution in [1.29, 1.82) is 0 Å². The zero-order valence-corrected chi connectivity index (χ0v) is 64.6. The van der Waals surface area contributed by atoms with E-state index in [-0.39, 0.29) is 115 Å². The van der Waals surface area contributed by atoms with Gasteiger partial charge in [0, 0.05) is 100 Å². The first-order chi connectivity index (χ1) is 54.4. The van der Waals surface area contributed by atoms with E-state index in [1.54, 1.807) is 92.5 Å². The lowest BCUT2D eigenvalue weighted by Gasteiger charge is -2.35. The van der Waals surface area contributed by atoms with Gasteiger partial charge in [0.25, 0.3) is 5.91 Å². The van der Waals surface area contributed by atoms with Gasteiger partial charge in [0.05, 0.1) is 37.6 Å². The molecular formula is C75H99N15O22S2. The predicted molar refractivity (Wildman–Crippen MR) is 417 cm³/mol. The fourth-order valence-corrected chi connectivity index (χ4v) is 15.0. The summed E-state index contributed by atoms with van der Waals surface area (Å²) < 4.78 is 0. The van der Waals surface area contributed by atoms with Crippen LogP contribution in [0.25, 0.3) is 10.9 Å². The zero-order valence-electron chi connectivity index (χ0n) is 63.0. The van der Waals surface area contributed by atoms with Crippen molar-refractivity contribution in [2.45, 2.75) is 126 Å². The van der Waals surface area contributed by atoms with Crippen LogP contribution < -0.4 is 48.3 Å². The number of aliphatic hydroxyl groups excluding tert-OH is 2. The summed E-state index contributed by atoms with van der Waals surface area (Å²) in [5.74, 6) is -15.5. The summed E-state index contributed by atoms with van der Waals surface area (Å²) in [6.45, 7) is 2.46. The van der Waals surface area contributed by atoms with E-state index in [0.29, 0.717) is 39.6 Å². The van der Waals surface area contributed by atoms with Gasteiger partial charge in [0.15, 0.2) is 12.6 Å². The third-order valence-corrected chi connectivity index (χ3v) is 21.2. The first-order valence-corrected chi connectivity index (χ1v) is 39.2. The molecule has 0 spiro atoms. The number of oxime groups is 1. The summed E-state index contributed by atoms with van der Waals surface area (Å²) >= 11 is 0. The number of H-pyrrole nitrogens is 1. The maximum absolute atomic E-state index is 15.3. The molecule has 2 saturated heterocycles. The second-order valence-electron chi connectivity index (χ2n) is 27.6. The van der Waals surface area contributed by atoms with Gasteiger partial charge in [-0.1, -0.05) is 112 Å². The summed E-state index contributed by atoms with van der Waals surface area (Å²) in [5, 5.41) is 107. The van der Waals surface area contributed by atoms with Crippen LogP contribution in [0.1, 0.15) is 73.9 Å². The average Bonchev–Trinajstić information content (AvgIpc) is 1.56. The van der Waals surface area contributed by atoms with Gasteiger partial charge >= 0.3 is 29.8 Å². The number of para-hydroxylation sites is 1. The number of aromatic hydroxyl groups is 1. The fourth-order valence-electron chi connectivity index (χ4n) is 12.6. The molecule has 1 aromatic heterocycles. The standard InChI is InChI=1S/C75H99N15O22S2/c1-43(48-18-20-49(21-19-48)66(75(110)111)90-31-29-88(38-62(97)98)27-25-87(37-61(95)96)26-28-89(30-32-90)39-63(99)100)86-112-40-60(94)78-55(33-46-11-5-4-6-12-46)68(102)82-58-41-113-114-42-59(72(106)85-65(45(3)92)74(108)109)83-73(107)64(44(2)91)84-67(101)54(15-9-10-24-76)79-70(104)57(35-50-36-77-53-14-8-7-13-52(50)53)81-69(103)56(80-71(58)105)34-47-16-22-51(93)23-17-47/h4-8,11-14,16-23,36,44-45,54-59,64-66,77,91-93H,9-10,15,24-35,37-42,76H2,1-3H3,(H,78,94)(H,79,104)(H,80,105)(H,81,103)(H,82,102)(H,83,107)(H,84,101)(H,85,106)(H,95,96)(H,97,98)(H,99,100)(H,108,109)(H,110,111)/b86-43+/t44-,45-,54+,55-,56+,57-,58+,59+,64+,65+,66?/m1/s1. The van der Waals surface area contributed by atoms with Gasteiger partial charge in [-0.2, -0.15) is 0 Å². The summed E-state index contributed by atoms with van der Waals surface area (Å²) in [6, 6.07) is 12.5. The number of benzene rings is 4. The average molecular weight is 1630 g/mol. The Balaban J connectivity index is 1.19. The molecule has 0 bridgehead atoms. The van der Waals surface area contributed by atoms with Crippen molar-refractivity contribution >= 4 is 115 Å². The normalized spacial score (nSPS) is 21.0. The number of amides is 8. The number of hydrogen-bond donors (Lipinski definition) is 18. The van der Waals surface area contributed by atoms with Gasteiger partial charge < -0.3 is 98.9 Å². The number of carboxylic acids is 5. The molecule has 3 heterocycles. The number of aliphatic hydroxyl groups is 2. The molecule has 114 heavy (non-hydrogen) atoms. The van der Waals surface area contributed by atoms with Crippen molar-refractivity contribution in [1.82, 2.24) is 67.1 Å². The molecule has 11 atom stereocenters. The molecule has 0 aliphatic carbocycles. The number of phenolic OH excluding ortho intramolecular Hbond substituents is 1. The molecule has 37 nitrogen and oxygen atoms in total. The van der Waals surface area contributed by atoms with Crippen LogP contribution in [-0.2, 0) is 86.4 Å². The minimum atomic E-state index is -1.92. The monoisotopic (exact) mass is 1630 g/mol. The molecular weight excluding hydrogens is 1530 g/mol. The Kier molecular flexibility index (Phi) is 35.8. The molecule has 2 aliphatic rings. The minimum Gasteiger partial charge on any atom is -0.508 e. The molecule has 39 heteroatoms. The fraction of sp³-hybridized carbons (Fsp3) is 0.467. The number of aromatic amines is 1. The molecule has 19 N–H and O–H groups in total. The molecule has 0 radical (unpaired) electrons. The van der Waals surface area contributed by atoms with Crippen molar-refractivity contribution in [2.75, 3.05) is 96.6 Å². The number of unbranched alkanes of at least 4 members (excludes halogenated alkanes) is 1. The molecule has 7 rings (SSSR count). The van der Waals surface area contributed by atoms with Crippen LogP contribution in [0.5, 0.6) is 5.75 Å².